The lowest BCUT2D eigenvalue weighted by Crippen LogP contribution is -2.16. The van der Waals surface area contributed by atoms with Gasteiger partial charge in [0.2, 0.25) is 0 Å². The molecule has 0 spiro atoms. The molecule has 2 saturated heterocycles. The van der Waals surface area contributed by atoms with Gasteiger partial charge in [-0.25, -0.2) is 0 Å². The molecule has 0 N–H and O–H groups in total. The van der Waals surface area contributed by atoms with Crippen molar-refractivity contribution in [1.82, 2.24) is 0 Å². The van der Waals surface area contributed by atoms with Crippen LogP contribution in [0.2, 0.25) is 0 Å². The molecule has 4 heteroatoms. The van der Waals surface area contributed by atoms with Gasteiger partial charge in [-0.15, -0.1) is 15.8 Å². The molecule has 0 amide bonds. The molecule has 0 radical (unpaired) electrons. The Bertz CT molecular complexity index is 852. The van der Waals surface area contributed by atoms with Crippen molar-refractivity contribution in [3.05, 3.63) is 70.8 Å². The average molecular weight is 501 g/mol. The summed E-state index contributed by atoms with van der Waals surface area (Å²) in [5, 5.41) is 0. The van der Waals surface area contributed by atoms with Crippen molar-refractivity contribution in [3.63, 3.8) is 0 Å². The topological polar surface area (TPSA) is 0 Å². The zero-order valence-electron chi connectivity index (χ0n) is 20.4. The normalized spacial score (nSPS) is 37.6. The fourth-order valence-electron chi connectivity index (χ4n) is 6.81. The summed E-state index contributed by atoms with van der Waals surface area (Å²) in [7, 11) is 1.10. The van der Waals surface area contributed by atoms with Crippen LogP contribution < -0.4 is 0 Å². The lowest BCUT2D eigenvalue weighted by molar-refractivity contribution is 0.696. The molecule has 4 aliphatic heterocycles. The van der Waals surface area contributed by atoms with E-state index >= 15 is 0 Å². The summed E-state index contributed by atoms with van der Waals surface area (Å²) in [6, 6.07) is 18.4. The number of fused-ring (bicyclic) bond motifs is 2. The van der Waals surface area contributed by atoms with Gasteiger partial charge < -0.3 is 0 Å². The number of hydrogen-bond donors (Lipinski definition) is 0. The second-order valence-corrected chi connectivity index (χ2v) is 20.5. The molecular formula is C28H40P4. The maximum absolute atomic E-state index is 2.55. The van der Waals surface area contributed by atoms with Crippen LogP contribution in [0.3, 0.4) is 0 Å². The third-order valence-corrected chi connectivity index (χ3v) is 19.2. The highest BCUT2D eigenvalue weighted by Crippen LogP contribution is 2.73. The van der Waals surface area contributed by atoms with E-state index < -0.39 is 0 Å². The van der Waals surface area contributed by atoms with Gasteiger partial charge >= 0.3 is 0 Å². The fraction of sp³-hybridized carbons (Fsp3) is 0.571. The highest BCUT2D eigenvalue weighted by molar-refractivity contribution is 7.62. The lowest BCUT2D eigenvalue weighted by atomic mass is 9.98. The van der Waals surface area contributed by atoms with Gasteiger partial charge in [-0.1, -0.05) is 64.4 Å². The Kier molecular flexibility index (Phi) is 7.77. The molecule has 0 unspecified atom stereocenters. The lowest BCUT2D eigenvalue weighted by Gasteiger charge is -2.29. The van der Waals surface area contributed by atoms with E-state index in [9.17, 15) is 0 Å². The second kappa shape index (κ2) is 10.4. The predicted molar refractivity (Wildman–Crippen MR) is 153 cm³/mol. The van der Waals surface area contributed by atoms with Crippen molar-refractivity contribution in [1.29, 1.82) is 0 Å². The first kappa shape index (κ1) is 23.9. The summed E-state index contributed by atoms with van der Waals surface area (Å²) in [6.45, 7) is 10.1. The highest BCUT2D eigenvalue weighted by atomic mass is 31.1. The molecule has 2 aromatic rings. The Morgan fingerprint density at radius 2 is 0.969 bits per heavy atom. The Morgan fingerprint density at radius 1 is 0.562 bits per heavy atom. The Labute approximate surface area is 201 Å². The van der Waals surface area contributed by atoms with E-state index in [0.29, 0.717) is 15.8 Å². The van der Waals surface area contributed by atoms with Gasteiger partial charge in [0, 0.05) is 11.3 Å². The van der Waals surface area contributed by atoms with E-state index in [4.69, 9.17) is 0 Å². The third kappa shape index (κ3) is 4.66. The monoisotopic (exact) mass is 500 g/mol. The third-order valence-electron chi connectivity index (χ3n) is 8.43. The van der Waals surface area contributed by atoms with E-state index in [1.54, 1.807) is 60.3 Å². The quantitative estimate of drug-likeness (QED) is 0.361. The summed E-state index contributed by atoms with van der Waals surface area (Å²) in [5.41, 5.74) is 10.6. The Morgan fingerprint density at radius 3 is 1.34 bits per heavy atom. The second-order valence-electron chi connectivity index (χ2n) is 10.5. The van der Waals surface area contributed by atoms with Crippen LogP contribution in [0.15, 0.2) is 48.5 Å². The minimum absolute atomic E-state index is 0.0988. The summed E-state index contributed by atoms with van der Waals surface area (Å²) >= 11 is 0. The maximum atomic E-state index is 2.55. The number of benzene rings is 2. The van der Waals surface area contributed by atoms with Crippen molar-refractivity contribution in [2.45, 2.75) is 60.6 Å². The van der Waals surface area contributed by atoms with Crippen LogP contribution in [-0.2, 0) is 12.3 Å². The highest BCUT2D eigenvalue weighted by Gasteiger charge is 2.41. The largest absolute Gasteiger partial charge is 0.106 e. The average Bonchev–Trinajstić information content (AvgIpc) is 3.54. The van der Waals surface area contributed by atoms with Gasteiger partial charge in [0.05, 0.1) is 0 Å². The fourth-order valence-corrected chi connectivity index (χ4v) is 19.1. The van der Waals surface area contributed by atoms with Crippen LogP contribution in [0.5, 0.6) is 0 Å². The molecule has 8 atom stereocenters. The Balaban J connectivity index is 0.000000154. The van der Waals surface area contributed by atoms with Crippen LogP contribution in [0.1, 0.15) is 59.3 Å². The van der Waals surface area contributed by atoms with E-state index in [-0.39, 0.29) is 15.8 Å². The molecule has 32 heavy (non-hydrogen) atoms. The Hall–Kier alpha value is 0.160. The zero-order valence-corrected chi connectivity index (χ0v) is 24.0. The molecule has 172 valence electrons. The number of rotatable bonds is 2. The first-order valence-electron chi connectivity index (χ1n) is 12.5. The summed E-state index contributed by atoms with van der Waals surface area (Å²) in [6.07, 6.45) is 12.1. The number of hydrogen-bond acceptors (Lipinski definition) is 0. The molecule has 0 nitrogen and oxygen atoms in total. The van der Waals surface area contributed by atoms with Gasteiger partial charge in [-0.3, -0.25) is 0 Å². The molecule has 0 aliphatic carbocycles. The first-order chi connectivity index (χ1) is 15.5. The molecule has 0 saturated carbocycles. The molecule has 4 aliphatic rings. The van der Waals surface area contributed by atoms with Gasteiger partial charge in [0.25, 0.3) is 0 Å². The SMILES string of the molecule is C[P@@]1CCC[C@@H]1[C@H]1CCC[P@]1C.C[P@@]1Cc2ccccc2[C@@H]1[C@H]1c2ccccc2C[P@]1C. The standard InChI is InChI=1S/C18H20P2.C10H20P2/c1-19-11-13-7-3-5-9-15(13)17(19)18-16-10-6-4-8-14(16)12-20(18)2;1-11-7-3-5-9(11)10-6-4-8-12(10)2/h3-10,17-18H,11-12H2,1-2H3;9-10H,3-8H2,1-2H3/t17-,18-,19+,20+;9-,10-,11+,12+/m11/s1. The van der Waals surface area contributed by atoms with E-state index in [0.717, 1.165) is 11.3 Å². The van der Waals surface area contributed by atoms with Crippen LogP contribution in [0, 0.1) is 0 Å². The maximum Gasteiger partial charge on any atom is 0.0153 e. The van der Waals surface area contributed by atoms with Gasteiger partial charge in [0.1, 0.15) is 0 Å². The molecular weight excluding hydrogens is 460 g/mol. The van der Waals surface area contributed by atoms with Crippen LogP contribution in [0.25, 0.3) is 0 Å². The molecule has 0 bridgehead atoms. The van der Waals surface area contributed by atoms with Crippen LogP contribution in [0.4, 0.5) is 0 Å². The first-order valence-corrected chi connectivity index (χ1v) is 20.7. The molecule has 4 heterocycles. The van der Waals surface area contributed by atoms with Crippen molar-refractivity contribution >= 4 is 31.7 Å². The summed E-state index contributed by atoms with van der Waals surface area (Å²) < 4.78 is 0. The van der Waals surface area contributed by atoms with Crippen molar-refractivity contribution in [2.24, 2.45) is 0 Å². The van der Waals surface area contributed by atoms with E-state index in [1.165, 1.54) is 23.6 Å². The van der Waals surface area contributed by atoms with E-state index in [1.807, 2.05) is 0 Å². The summed E-state index contributed by atoms with van der Waals surface area (Å²) in [4.78, 5) is 0. The minimum Gasteiger partial charge on any atom is -0.106 e. The summed E-state index contributed by atoms with van der Waals surface area (Å²) in [5.74, 6) is 0. The van der Waals surface area contributed by atoms with Gasteiger partial charge in [-0.2, -0.15) is 0 Å². The van der Waals surface area contributed by atoms with Crippen LogP contribution >= 0.6 is 31.7 Å². The van der Waals surface area contributed by atoms with Gasteiger partial charge in [0.15, 0.2) is 0 Å². The van der Waals surface area contributed by atoms with E-state index in [2.05, 4.69) is 75.2 Å². The molecule has 2 aromatic carbocycles. The zero-order chi connectivity index (χ0) is 22.2. The molecule has 0 aromatic heterocycles. The molecule has 6 rings (SSSR count). The van der Waals surface area contributed by atoms with Crippen LogP contribution in [-0.4, -0.2) is 50.3 Å². The smallest absolute Gasteiger partial charge is 0.0153 e. The predicted octanol–water partition coefficient (Wildman–Crippen LogP) is 9.25. The van der Waals surface area contributed by atoms with Crippen molar-refractivity contribution in [3.8, 4) is 0 Å². The molecule has 2 fully saturated rings. The van der Waals surface area contributed by atoms with Crippen molar-refractivity contribution in [2.75, 3.05) is 39.0 Å². The minimum atomic E-state index is 0.0988. The van der Waals surface area contributed by atoms with Crippen molar-refractivity contribution < 1.29 is 0 Å². The van der Waals surface area contributed by atoms with Gasteiger partial charge in [-0.05, 0) is 111 Å².